The molecule has 114 valence electrons. The summed E-state index contributed by atoms with van der Waals surface area (Å²) in [5.41, 5.74) is 2.54. The number of carbonyl (C=O) groups is 1. The summed E-state index contributed by atoms with van der Waals surface area (Å²) in [5.74, 6) is 1.03. The smallest absolute Gasteiger partial charge is 0.251 e. The lowest BCUT2D eigenvalue weighted by molar-refractivity contribution is -0.127. The average Bonchev–Trinajstić information content (AvgIpc) is 2.70. The van der Waals surface area contributed by atoms with Crippen molar-refractivity contribution in [1.82, 2.24) is 10.2 Å². The van der Waals surface area contributed by atoms with Crippen LogP contribution < -0.4 is 5.32 Å². The molecule has 0 radical (unpaired) electrons. The van der Waals surface area contributed by atoms with Crippen LogP contribution in [-0.2, 0) is 4.79 Å². The van der Waals surface area contributed by atoms with Gasteiger partial charge in [-0.25, -0.2) is 0 Å². The van der Waals surface area contributed by atoms with Gasteiger partial charge in [0.25, 0.3) is 5.91 Å². The third-order valence-electron chi connectivity index (χ3n) is 4.48. The van der Waals surface area contributed by atoms with Gasteiger partial charge in [0.2, 0.25) is 0 Å². The first-order valence-electron chi connectivity index (χ1n) is 8.41. The predicted octanol–water partition coefficient (Wildman–Crippen LogP) is 3.46. The number of unbranched alkanes of at least 4 members (excludes halogenated alkanes) is 1. The van der Waals surface area contributed by atoms with Crippen molar-refractivity contribution in [1.29, 1.82) is 0 Å². The summed E-state index contributed by atoms with van der Waals surface area (Å²) in [7, 11) is 0. The van der Waals surface area contributed by atoms with Crippen molar-refractivity contribution in [3.8, 4) is 0 Å². The van der Waals surface area contributed by atoms with Crippen molar-refractivity contribution in [3.05, 3.63) is 11.1 Å². The molecule has 0 spiro atoms. The molecular weight excluding hydrogens is 248 g/mol. The molecule has 1 aliphatic carbocycles. The van der Waals surface area contributed by atoms with Crippen LogP contribution in [0, 0.1) is 5.92 Å². The molecule has 0 aromatic heterocycles. The Balaban J connectivity index is 2.05. The van der Waals surface area contributed by atoms with Gasteiger partial charge in [-0.1, -0.05) is 27.2 Å². The molecule has 0 saturated heterocycles. The van der Waals surface area contributed by atoms with Gasteiger partial charge in [-0.2, -0.15) is 0 Å². The monoisotopic (exact) mass is 278 g/mol. The van der Waals surface area contributed by atoms with Crippen molar-refractivity contribution in [2.75, 3.05) is 13.1 Å². The van der Waals surface area contributed by atoms with Crippen molar-refractivity contribution >= 4 is 5.91 Å². The second-order valence-electron chi connectivity index (χ2n) is 6.60. The molecule has 20 heavy (non-hydrogen) atoms. The van der Waals surface area contributed by atoms with Gasteiger partial charge in [0, 0.05) is 12.1 Å². The van der Waals surface area contributed by atoms with Gasteiger partial charge in [-0.15, -0.1) is 0 Å². The third kappa shape index (κ3) is 3.43. The van der Waals surface area contributed by atoms with E-state index in [0.29, 0.717) is 11.8 Å². The molecule has 3 nitrogen and oxygen atoms in total. The number of carbonyl (C=O) groups excluding carboxylic acids is 1. The van der Waals surface area contributed by atoms with E-state index in [2.05, 4.69) is 31.0 Å². The van der Waals surface area contributed by atoms with Crippen LogP contribution in [0.5, 0.6) is 0 Å². The van der Waals surface area contributed by atoms with E-state index >= 15 is 0 Å². The Kier molecular flexibility index (Phi) is 5.64. The highest BCUT2D eigenvalue weighted by Gasteiger charge is 2.38. The number of hydrogen-bond acceptors (Lipinski definition) is 2. The van der Waals surface area contributed by atoms with E-state index in [9.17, 15) is 4.79 Å². The van der Waals surface area contributed by atoms with E-state index < -0.39 is 0 Å². The van der Waals surface area contributed by atoms with Gasteiger partial charge in [0.1, 0.15) is 6.17 Å². The van der Waals surface area contributed by atoms with Gasteiger partial charge < -0.3 is 4.90 Å². The molecule has 1 heterocycles. The molecule has 0 aromatic carbocycles. The highest BCUT2D eigenvalue weighted by molar-refractivity contribution is 5.97. The lowest BCUT2D eigenvalue weighted by Crippen LogP contribution is -2.46. The average molecular weight is 278 g/mol. The minimum absolute atomic E-state index is 0.197. The maximum absolute atomic E-state index is 12.6. The molecule has 0 fully saturated rings. The van der Waals surface area contributed by atoms with Crippen LogP contribution in [0.2, 0.25) is 0 Å². The number of nitrogens with zero attached hydrogens (tertiary/aromatic N) is 1. The summed E-state index contributed by atoms with van der Waals surface area (Å²) in [6, 6.07) is 0. The van der Waals surface area contributed by atoms with Crippen LogP contribution in [0.4, 0.5) is 0 Å². The van der Waals surface area contributed by atoms with Crippen LogP contribution >= 0.6 is 0 Å². The van der Waals surface area contributed by atoms with Gasteiger partial charge in [-0.3, -0.25) is 10.1 Å². The molecule has 0 aromatic rings. The molecule has 2 rings (SSSR count). The molecule has 1 atom stereocenters. The Morgan fingerprint density at radius 3 is 2.75 bits per heavy atom. The first kappa shape index (κ1) is 15.6. The summed E-state index contributed by atoms with van der Waals surface area (Å²) in [5, 5.41) is 3.65. The van der Waals surface area contributed by atoms with Crippen LogP contribution in [0.3, 0.4) is 0 Å². The molecule has 2 aliphatic rings. The first-order valence-corrected chi connectivity index (χ1v) is 8.41. The lowest BCUT2D eigenvalue weighted by Gasteiger charge is -2.28. The van der Waals surface area contributed by atoms with Crippen LogP contribution in [-0.4, -0.2) is 30.1 Å². The Morgan fingerprint density at radius 2 is 2.05 bits per heavy atom. The zero-order valence-corrected chi connectivity index (χ0v) is 13.4. The second-order valence-corrected chi connectivity index (χ2v) is 6.60. The highest BCUT2D eigenvalue weighted by Crippen LogP contribution is 2.35. The van der Waals surface area contributed by atoms with E-state index in [1.807, 2.05) is 0 Å². The number of amides is 1. The Hall–Kier alpha value is -0.830. The maximum atomic E-state index is 12.6. The summed E-state index contributed by atoms with van der Waals surface area (Å²) in [6.45, 7) is 8.61. The lowest BCUT2D eigenvalue weighted by atomic mass is 9.92. The largest absolute Gasteiger partial charge is 0.319 e. The number of hydrogen-bond donors (Lipinski definition) is 1. The van der Waals surface area contributed by atoms with Crippen LogP contribution in [0.15, 0.2) is 11.1 Å². The number of rotatable bonds is 7. The van der Waals surface area contributed by atoms with E-state index in [0.717, 1.165) is 44.3 Å². The quantitative estimate of drug-likeness (QED) is 0.773. The fraction of sp³-hybridized carbons (Fsp3) is 0.824. The molecule has 0 saturated carbocycles. The number of nitrogens with one attached hydrogen (secondary N) is 1. The Labute approximate surface area is 123 Å². The maximum Gasteiger partial charge on any atom is 0.251 e. The van der Waals surface area contributed by atoms with Crippen molar-refractivity contribution in [3.63, 3.8) is 0 Å². The minimum atomic E-state index is 0.197. The van der Waals surface area contributed by atoms with E-state index in [1.54, 1.807) is 0 Å². The zero-order valence-electron chi connectivity index (χ0n) is 13.4. The summed E-state index contributed by atoms with van der Waals surface area (Å²) >= 11 is 0. The Bertz CT molecular complexity index is 373. The molecule has 1 N–H and O–H groups in total. The summed E-state index contributed by atoms with van der Waals surface area (Å²) < 4.78 is 0. The van der Waals surface area contributed by atoms with Crippen molar-refractivity contribution < 1.29 is 4.79 Å². The fourth-order valence-electron chi connectivity index (χ4n) is 3.25. The van der Waals surface area contributed by atoms with Crippen molar-refractivity contribution in [2.45, 2.75) is 71.9 Å². The second kappa shape index (κ2) is 7.26. The fourth-order valence-corrected chi connectivity index (χ4v) is 3.25. The molecule has 0 unspecified atom stereocenters. The molecule has 0 bridgehead atoms. The first-order chi connectivity index (χ1) is 9.65. The normalized spacial score (nSPS) is 22.9. The van der Waals surface area contributed by atoms with Crippen LogP contribution in [0.1, 0.15) is 65.7 Å². The van der Waals surface area contributed by atoms with E-state index in [4.69, 9.17) is 0 Å². The highest BCUT2D eigenvalue weighted by atomic mass is 16.2. The molecule has 1 aliphatic heterocycles. The van der Waals surface area contributed by atoms with Gasteiger partial charge >= 0.3 is 0 Å². The van der Waals surface area contributed by atoms with Gasteiger partial charge in [0.05, 0.1) is 0 Å². The minimum Gasteiger partial charge on any atom is -0.319 e. The molecule has 3 heteroatoms. The topological polar surface area (TPSA) is 32.3 Å². The van der Waals surface area contributed by atoms with Gasteiger partial charge in [-0.05, 0) is 56.6 Å². The van der Waals surface area contributed by atoms with E-state index in [1.165, 1.54) is 24.8 Å². The zero-order chi connectivity index (χ0) is 14.5. The van der Waals surface area contributed by atoms with Gasteiger partial charge in [0.15, 0.2) is 0 Å². The third-order valence-corrected chi connectivity index (χ3v) is 4.48. The van der Waals surface area contributed by atoms with Crippen LogP contribution in [0.25, 0.3) is 0 Å². The summed E-state index contributed by atoms with van der Waals surface area (Å²) in [6.07, 6.45) is 8.17. The predicted molar refractivity (Wildman–Crippen MR) is 83.4 cm³/mol. The van der Waals surface area contributed by atoms with E-state index in [-0.39, 0.29) is 6.17 Å². The molecule has 1 amide bonds. The van der Waals surface area contributed by atoms with Crippen molar-refractivity contribution in [2.24, 2.45) is 5.92 Å². The standard InChI is InChI=1S/C17H30N2O/c1-4-5-12-19-16(18-11-10-13(2)3)14-8-6-7-9-15(14)17(19)20/h13,16,18H,4-12H2,1-3H3/t16-/m1/s1. The molecular formula is C17H30N2O. The SMILES string of the molecule is CCCCN1C(=O)C2=C(CCCC2)[C@@H]1NCCC(C)C. The Morgan fingerprint density at radius 1 is 1.30 bits per heavy atom. The summed E-state index contributed by atoms with van der Waals surface area (Å²) in [4.78, 5) is 14.7.